The molecule has 0 aliphatic rings. The van der Waals surface area contributed by atoms with Gasteiger partial charge in [-0.1, -0.05) is 220 Å². The van der Waals surface area contributed by atoms with E-state index in [1.165, 1.54) is 83.5 Å². The Kier molecular flexibility index (Phi) is 50.5. The van der Waals surface area contributed by atoms with Crippen molar-refractivity contribution in [2.24, 2.45) is 0 Å². The van der Waals surface area contributed by atoms with Gasteiger partial charge in [0.2, 0.25) is 0 Å². The van der Waals surface area contributed by atoms with Gasteiger partial charge in [0.05, 0.1) is 0 Å². The lowest BCUT2D eigenvalue weighted by molar-refractivity contribution is -0.167. The van der Waals surface area contributed by atoms with Gasteiger partial charge in [-0.3, -0.25) is 14.4 Å². The second kappa shape index (κ2) is 53.7. The third kappa shape index (κ3) is 51.1. The van der Waals surface area contributed by atoms with Gasteiger partial charge >= 0.3 is 17.9 Å². The molecule has 6 nitrogen and oxygen atoms in total. The van der Waals surface area contributed by atoms with E-state index in [1.54, 1.807) is 0 Å². The summed E-state index contributed by atoms with van der Waals surface area (Å²) >= 11 is 0. The van der Waals surface area contributed by atoms with Crippen molar-refractivity contribution in [3.63, 3.8) is 0 Å². The molecule has 0 saturated heterocycles. The van der Waals surface area contributed by atoms with Gasteiger partial charge < -0.3 is 14.2 Å². The average Bonchev–Trinajstić information content (AvgIpc) is 3.31. The van der Waals surface area contributed by atoms with Gasteiger partial charge in [0.15, 0.2) is 6.10 Å². The number of hydrogen-bond acceptors (Lipinski definition) is 6. The maximum absolute atomic E-state index is 12.8. The summed E-state index contributed by atoms with van der Waals surface area (Å²) in [6.45, 7) is 6.40. The van der Waals surface area contributed by atoms with Crippen LogP contribution in [0.4, 0.5) is 0 Å². The average molecular weight is 915 g/mol. The lowest BCUT2D eigenvalue weighted by Gasteiger charge is -2.18. The number of rotatable bonds is 47. The van der Waals surface area contributed by atoms with E-state index in [-0.39, 0.29) is 37.5 Å². The Balaban J connectivity index is 4.37. The molecule has 0 aliphatic heterocycles. The molecule has 0 aromatic rings. The van der Waals surface area contributed by atoms with Crippen LogP contribution in [-0.2, 0) is 28.6 Å². The molecular formula is C60H98O6. The van der Waals surface area contributed by atoms with Crippen LogP contribution >= 0.6 is 0 Å². The van der Waals surface area contributed by atoms with Crippen molar-refractivity contribution in [2.45, 2.75) is 239 Å². The van der Waals surface area contributed by atoms with Crippen molar-refractivity contribution in [1.29, 1.82) is 0 Å². The number of esters is 3. The highest BCUT2D eigenvalue weighted by molar-refractivity contribution is 5.71. The van der Waals surface area contributed by atoms with E-state index >= 15 is 0 Å². The van der Waals surface area contributed by atoms with Crippen molar-refractivity contribution in [3.8, 4) is 0 Å². The van der Waals surface area contributed by atoms with E-state index in [0.29, 0.717) is 19.3 Å². The summed E-state index contributed by atoms with van der Waals surface area (Å²) in [7, 11) is 0. The standard InChI is InChI=1S/C60H98O6/c1-4-7-10-13-16-18-20-22-24-26-28-29-30-31-32-34-35-37-39-41-44-47-50-53-59(62)65-56-57(55-64-58(61)52-49-46-43-15-12-9-6-3)66-60(63)54-51-48-45-42-40-38-36-33-27-25-23-21-19-17-14-11-8-5-2/h7,10,16,18-19,21-22,24-25,27-29,31-32,35,37,41,44,57H,4-6,8-9,11-15,17,20,23,26,30,33-34,36,38-40,42-43,45-56H2,1-3H3/b10-7-,18-16-,21-19-,24-22-,27-25-,29-28-,32-31-,37-35-,44-41-. The first-order valence-corrected chi connectivity index (χ1v) is 26.9. The Morgan fingerprint density at radius 3 is 1.00 bits per heavy atom. The van der Waals surface area contributed by atoms with Crippen molar-refractivity contribution in [2.75, 3.05) is 13.2 Å². The monoisotopic (exact) mass is 915 g/mol. The predicted molar refractivity (Wildman–Crippen MR) is 283 cm³/mol. The number of hydrogen-bond donors (Lipinski definition) is 0. The van der Waals surface area contributed by atoms with Gasteiger partial charge in [-0.25, -0.2) is 0 Å². The topological polar surface area (TPSA) is 78.9 Å². The Labute approximate surface area is 406 Å². The fourth-order valence-corrected chi connectivity index (χ4v) is 6.99. The first kappa shape index (κ1) is 62.1. The Morgan fingerprint density at radius 2 is 0.606 bits per heavy atom. The number of carbonyl (C=O) groups is 3. The van der Waals surface area contributed by atoms with Crippen LogP contribution in [0.25, 0.3) is 0 Å². The largest absolute Gasteiger partial charge is 0.462 e. The highest BCUT2D eigenvalue weighted by atomic mass is 16.6. The molecule has 0 fully saturated rings. The normalized spacial score (nSPS) is 13.0. The van der Waals surface area contributed by atoms with E-state index in [4.69, 9.17) is 14.2 Å². The van der Waals surface area contributed by atoms with E-state index in [2.05, 4.69) is 130 Å². The molecule has 0 aromatic carbocycles. The summed E-state index contributed by atoms with van der Waals surface area (Å²) in [4.78, 5) is 37.8. The number of allylic oxidation sites excluding steroid dienone is 18. The third-order valence-electron chi connectivity index (χ3n) is 11.0. The summed E-state index contributed by atoms with van der Waals surface area (Å²) in [5, 5.41) is 0. The molecule has 0 heterocycles. The van der Waals surface area contributed by atoms with Crippen LogP contribution in [0.15, 0.2) is 109 Å². The van der Waals surface area contributed by atoms with Crippen LogP contribution < -0.4 is 0 Å². The van der Waals surface area contributed by atoms with Gasteiger partial charge in [-0.05, 0) is 103 Å². The molecule has 1 unspecified atom stereocenters. The summed E-state index contributed by atoms with van der Waals surface area (Å²) in [5.74, 6) is -0.981. The van der Waals surface area contributed by atoms with Crippen LogP contribution in [0.2, 0.25) is 0 Å². The van der Waals surface area contributed by atoms with E-state index < -0.39 is 6.10 Å². The maximum Gasteiger partial charge on any atom is 0.306 e. The zero-order chi connectivity index (χ0) is 47.9. The van der Waals surface area contributed by atoms with Crippen molar-refractivity contribution < 1.29 is 28.6 Å². The molecule has 0 aliphatic carbocycles. The minimum atomic E-state index is -0.804. The first-order chi connectivity index (χ1) is 32.5. The van der Waals surface area contributed by atoms with Gasteiger partial charge in [0.1, 0.15) is 13.2 Å². The van der Waals surface area contributed by atoms with Crippen molar-refractivity contribution in [1.82, 2.24) is 0 Å². The fraction of sp³-hybridized carbons (Fsp3) is 0.650. The molecule has 0 bridgehead atoms. The summed E-state index contributed by atoms with van der Waals surface area (Å²) in [6, 6.07) is 0. The van der Waals surface area contributed by atoms with Crippen LogP contribution in [0.5, 0.6) is 0 Å². The van der Waals surface area contributed by atoms with Gasteiger partial charge in [0.25, 0.3) is 0 Å². The Morgan fingerprint density at radius 1 is 0.318 bits per heavy atom. The van der Waals surface area contributed by atoms with Crippen LogP contribution in [-0.4, -0.2) is 37.2 Å². The lowest BCUT2D eigenvalue weighted by atomic mass is 10.1. The summed E-state index contributed by atoms with van der Waals surface area (Å²) in [6.07, 6.45) is 72.4. The lowest BCUT2D eigenvalue weighted by Crippen LogP contribution is -2.30. The van der Waals surface area contributed by atoms with Crippen molar-refractivity contribution in [3.05, 3.63) is 109 Å². The minimum Gasteiger partial charge on any atom is -0.462 e. The number of unbranched alkanes of at least 4 members (excludes halogenated alkanes) is 18. The highest BCUT2D eigenvalue weighted by Gasteiger charge is 2.19. The van der Waals surface area contributed by atoms with E-state index in [9.17, 15) is 14.4 Å². The maximum atomic E-state index is 12.8. The van der Waals surface area contributed by atoms with Crippen molar-refractivity contribution >= 4 is 17.9 Å². The fourth-order valence-electron chi connectivity index (χ4n) is 6.99. The summed E-state index contributed by atoms with van der Waals surface area (Å²) in [5.41, 5.74) is 0. The molecule has 0 radical (unpaired) electrons. The second-order valence-corrected chi connectivity index (χ2v) is 17.4. The number of carbonyl (C=O) groups excluding carboxylic acids is 3. The molecule has 0 spiro atoms. The zero-order valence-corrected chi connectivity index (χ0v) is 42.7. The SMILES string of the molecule is CC/C=C\C/C=C\C/C=C\C/C=C\C/C=C\C/C=C\C/C=C\CCCC(=O)OCC(COC(=O)CCCCCCCCC)OC(=O)CCCCCCCCC/C=C\C/C=C\CCCCCC. The molecule has 66 heavy (non-hydrogen) atoms. The van der Waals surface area contributed by atoms with Gasteiger partial charge in [-0.15, -0.1) is 0 Å². The molecule has 0 N–H and O–H groups in total. The molecule has 1 atom stereocenters. The first-order valence-electron chi connectivity index (χ1n) is 26.9. The third-order valence-corrected chi connectivity index (χ3v) is 11.0. The van der Waals surface area contributed by atoms with Crippen LogP contribution in [0.3, 0.4) is 0 Å². The number of ether oxygens (including phenoxy) is 3. The van der Waals surface area contributed by atoms with Crippen LogP contribution in [0, 0.1) is 0 Å². The molecule has 0 amide bonds. The summed E-state index contributed by atoms with van der Waals surface area (Å²) < 4.78 is 16.7. The smallest absolute Gasteiger partial charge is 0.306 e. The molecule has 6 heteroatoms. The molecule has 374 valence electrons. The minimum absolute atomic E-state index is 0.100. The molecule has 0 rings (SSSR count). The highest BCUT2D eigenvalue weighted by Crippen LogP contribution is 2.13. The second-order valence-electron chi connectivity index (χ2n) is 17.4. The van der Waals surface area contributed by atoms with Gasteiger partial charge in [-0.2, -0.15) is 0 Å². The zero-order valence-electron chi connectivity index (χ0n) is 42.7. The Bertz CT molecular complexity index is 1370. The quantitative estimate of drug-likeness (QED) is 0.0262. The van der Waals surface area contributed by atoms with E-state index in [0.717, 1.165) is 103 Å². The molecule has 0 aromatic heterocycles. The van der Waals surface area contributed by atoms with Gasteiger partial charge in [0, 0.05) is 19.3 Å². The van der Waals surface area contributed by atoms with Crippen LogP contribution in [0.1, 0.15) is 233 Å². The molecule has 0 saturated carbocycles. The predicted octanol–water partition coefficient (Wildman–Crippen LogP) is 17.9. The van der Waals surface area contributed by atoms with E-state index in [1.807, 2.05) is 0 Å². The molecular weight excluding hydrogens is 817 g/mol. The Hall–Kier alpha value is -3.93.